The monoisotopic (exact) mass is 250 g/mol. The molecule has 2 heterocycles. The first-order valence-electron chi connectivity index (χ1n) is 4.81. The fourth-order valence-corrected chi connectivity index (χ4v) is 2.26. The van der Waals surface area contributed by atoms with Gasteiger partial charge in [0.1, 0.15) is 5.56 Å². The molecular formula is C11H10N2O3S. The van der Waals surface area contributed by atoms with Crippen molar-refractivity contribution >= 4 is 23.1 Å². The molecule has 0 aliphatic carbocycles. The van der Waals surface area contributed by atoms with E-state index in [-0.39, 0.29) is 11.4 Å². The third kappa shape index (κ3) is 2.36. The first kappa shape index (κ1) is 11.4. The molecule has 4 N–H and O–H groups in total. The van der Waals surface area contributed by atoms with Gasteiger partial charge in [0, 0.05) is 6.07 Å². The van der Waals surface area contributed by atoms with Crippen LogP contribution in [0.5, 0.6) is 0 Å². The fraction of sp³-hybridized carbons (Fsp3) is 0.0909. The Labute approximate surface area is 101 Å². The molecule has 0 aliphatic heterocycles. The van der Waals surface area contributed by atoms with E-state index < -0.39 is 11.5 Å². The number of amides is 1. The highest BCUT2D eigenvalue weighted by atomic mass is 32.1. The molecule has 5 nitrogen and oxygen atoms in total. The standard InChI is InChI=1S/C11H10N2O3S/c12-10(15)9-7(3-6-1-2-17-5-6)4-8(14)16-11(9)13/h1-2,4-5H,3,13H2,(H2,12,15). The van der Waals surface area contributed by atoms with Crippen LogP contribution in [0.15, 0.2) is 32.1 Å². The van der Waals surface area contributed by atoms with Gasteiger partial charge in [0.25, 0.3) is 5.91 Å². The lowest BCUT2D eigenvalue weighted by atomic mass is 10.0. The summed E-state index contributed by atoms with van der Waals surface area (Å²) in [7, 11) is 0. The molecule has 2 rings (SSSR count). The summed E-state index contributed by atoms with van der Waals surface area (Å²) >= 11 is 1.53. The summed E-state index contributed by atoms with van der Waals surface area (Å²) in [5.41, 5.74) is 11.7. The quantitative estimate of drug-likeness (QED) is 0.847. The first-order valence-corrected chi connectivity index (χ1v) is 5.75. The number of nitrogens with two attached hydrogens (primary N) is 2. The van der Waals surface area contributed by atoms with Crippen molar-refractivity contribution < 1.29 is 9.21 Å². The van der Waals surface area contributed by atoms with Crippen molar-refractivity contribution in [3.05, 3.63) is 50.0 Å². The van der Waals surface area contributed by atoms with Crippen LogP contribution in [0.2, 0.25) is 0 Å². The van der Waals surface area contributed by atoms with E-state index in [4.69, 9.17) is 11.5 Å². The van der Waals surface area contributed by atoms with Gasteiger partial charge in [-0.3, -0.25) is 4.79 Å². The minimum absolute atomic E-state index is 0.0794. The Kier molecular flexibility index (Phi) is 2.97. The molecule has 1 amide bonds. The molecule has 0 saturated heterocycles. The number of anilines is 1. The Balaban J connectivity index is 2.51. The van der Waals surface area contributed by atoms with Crippen LogP contribution in [-0.4, -0.2) is 5.91 Å². The average molecular weight is 250 g/mol. The average Bonchev–Trinajstić information content (AvgIpc) is 2.68. The predicted molar refractivity (Wildman–Crippen MR) is 65.0 cm³/mol. The van der Waals surface area contributed by atoms with Crippen molar-refractivity contribution in [1.82, 2.24) is 0 Å². The summed E-state index contributed by atoms with van der Waals surface area (Å²) in [5.74, 6) is -0.924. The number of hydrogen-bond donors (Lipinski definition) is 2. The van der Waals surface area contributed by atoms with Gasteiger partial charge in [-0.25, -0.2) is 4.79 Å². The van der Waals surface area contributed by atoms with Gasteiger partial charge >= 0.3 is 5.63 Å². The highest BCUT2D eigenvalue weighted by molar-refractivity contribution is 7.07. The second-order valence-electron chi connectivity index (χ2n) is 3.50. The molecule has 0 bridgehead atoms. The van der Waals surface area contributed by atoms with Crippen molar-refractivity contribution in [2.45, 2.75) is 6.42 Å². The Morgan fingerprint density at radius 1 is 1.47 bits per heavy atom. The molecule has 0 radical (unpaired) electrons. The minimum Gasteiger partial charge on any atom is -0.406 e. The van der Waals surface area contributed by atoms with Gasteiger partial charge in [0.15, 0.2) is 0 Å². The lowest BCUT2D eigenvalue weighted by molar-refractivity contribution is 0.0998. The maximum atomic E-state index is 11.3. The van der Waals surface area contributed by atoms with E-state index in [1.165, 1.54) is 17.4 Å². The largest absolute Gasteiger partial charge is 0.406 e. The zero-order chi connectivity index (χ0) is 12.4. The second kappa shape index (κ2) is 4.42. The number of rotatable bonds is 3. The van der Waals surface area contributed by atoms with Crippen LogP contribution in [-0.2, 0) is 6.42 Å². The Morgan fingerprint density at radius 2 is 2.24 bits per heavy atom. The molecule has 2 aromatic rings. The molecule has 0 aromatic carbocycles. The summed E-state index contributed by atoms with van der Waals surface area (Å²) in [5, 5.41) is 3.84. The zero-order valence-electron chi connectivity index (χ0n) is 8.80. The van der Waals surface area contributed by atoms with E-state index >= 15 is 0 Å². The van der Waals surface area contributed by atoms with Crippen molar-refractivity contribution in [3.8, 4) is 0 Å². The molecule has 2 aromatic heterocycles. The van der Waals surface area contributed by atoms with Crippen LogP contribution in [0.25, 0.3) is 0 Å². The Bertz CT molecular complexity index is 602. The number of carbonyl (C=O) groups excluding carboxylic acids is 1. The van der Waals surface area contributed by atoms with Crippen LogP contribution < -0.4 is 17.1 Å². The molecule has 88 valence electrons. The number of hydrogen-bond acceptors (Lipinski definition) is 5. The number of carbonyl (C=O) groups is 1. The van der Waals surface area contributed by atoms with Gasteiger partial charge in [0.2, 0.25) is 5.88 Å². The van der Waals surface area contributed by atoms with E-state index in [0.29, 0.717) is 12.0 Å². The lowest BCUT2D eigenvalue weighted by Gasteiger charge is -2.06. The molecule has 0 unspecified atom stereocenters. The fourth-order valence-electron chi connectivity index (χ4n) is 1.59. The van der Waals surface area contributed by atoms with E-state index in [1.54, 1.807) is 0 Å². The number of thiophene rings is 1. The van der Waals surface area contributed by atoms with Crippen molar-refractivity contribution in [2.24, 2.45) is 5.73 Å². The van der Waals surface area contributed by atoms with Crippen molar-refractivity contribution in [3.63, 3.8) is 0 Å². The third-order valence-electron chi connectivity index (χ3n) is 2.29. The van der Waals surface area contributed by atoms with Crippen LogP contribution >= 0.6 is 11.3 Å². The molecule has 0 saturated carbocycles. The van der Waals surface area contributed by atoms with Gasteiger partial charge in [-0.05, 0) is 34.4 Å². The van der Waals surface area contributed by atoms with E-state index in [9.17, 15) is 9.59 Å². The normalized spacial score (nSPS) is 10.4. The first-order chi connectivity index (χ1) is 8.08. The van der Waals surface area contributed by atoms with Gasteiger partial charge in [-0.2, -0.15) is 11.3 Å². The van der Waals surface area contributed by atoms with Crippen LogP contribution in [0.3, 0.4) is 0 Å². The summed E-state index contributed by atoms with van der Waals surface area (Å²) in [6.07, 6.45) is 0.428. The smallest absolute Gasteiger partial charge is 0.337 e. The summed E-state index contributed by atoms with van der Waals surface area (Å²) in [4.78, 5) is 22.5. The highest BCUT2D eigenvalue weighted by Crippen LogP contribution is 2.19. The van der Waals surface area contributed by atoms with Crippen molar-refractivity contribution in [2.75, 3.05) is 5.73 Å². The van der Waals surface area contributed by atoms with Gasteiger partial charge in [-0.1, -0.05) is 0 Å². The molecule has 0 fully saturated rings. The van der Waals surface area contributed by atoms with Crippen molar-refractivity contribution in [1.29, 1.82) is 0 Å². The summed E-state index contributed by atoms with van der Waals surface area (Å²) in [6.45, 7) is 0. The molecule has 0 aliphatic rings. The third-order valence-corrected chi connectivity index (χ3v) is 3.02. The van der Waals surface area contributed by atoms with Gasteiger partial charge in [-0.15, -0.1) is 0 Å². The molecule has 6 heteroatoms. The molecular weight excluding hydrogens is 240 g/mol. The zero-order valence-corrected chi connectivity index (χ0v) is 9.62. The predicted octanol–water partition coefficient (Wildman–Crippen LogP) is 0.973. The Morgan fingerprint density at radius 3 is 2.82 bits per heavy atom. The summed E-state index contributed by atoms with van der Waals surface area (Å²) in [6, 6.07) is 3.15. The van der Waals surface area contributed by atoms with Gasteiger partial charge in [0.05, 0.1) is 0 Å². The lowest BCUT2D eigenvalue weighted by Crippen LogP contribution is -2.19. The highest BCUT2D eigenvalue weighted by Gasteiger charge is 2.16. The topological polar surface area (TPSA) is 99.3 Å². The molecule has 0 atom stereocenters. The van der Waals surface area contributed by atoms with E-state index in [2.05, 4.69) is 4.42 Å². The maximum Gasteiger partial charge on any atom is 0.337 e. The molecule has 0 spiro atoms. The molecule has 17 heavy (non-hydrogen) atoms. The second-order valence-corrected chi connectivity index (χ2v) is 4.28. The number of nitrogen functional groups attached to an aromatic ring is 1. The maximum absolute atomic E-state index is 11.3. The van der Waals surface area contributed by atoms with Crippen LogP contribution in [0.1, 0.15) is 21.5 Å². The van der Waals surface area contributed by atoms with E-state index in [0.717, 1.165) is 5.56 Å². The number of primary amides is 1. The van der Waals surface area contributed by atoms with Crippen LogP contribution in [0.4, 0.5) is 5.88 Å². The van der Waals surface area contributed by atoms with Gasteiger partial charge < -0.3 is 15.9 Å². The summed E-state index contributed by atoms with van der Waals surface area (Å²) < 4.78 is 4.65. The Hall–Kier alpha value is -2.08. The minimum atomic E-state index is -0.698. The van der Waals surface area contributed by atoms with E-state index in [1.807, 2.05) is 16.8 Å². The SMILES string of the molecule is NC(=O)c1c(Cc2ccsc2)cc(=O)oc1N. The van der Waals surface area contributed by atoms with Crippen LogP contribution in [0, 0.1) is 0 Å².